The average Bonchev–Trinajstić information content (AvgIpc) is 3.23. The van der Waals surface area contributed by atoms with Crippen molar-refractivity contribution < 1.29 is 14.3 Å². The van der Waals surface area contributed by atoms with Gasteiger partial charge in [-0.3, -0.25) is 4.79 Å². The van der Waals surface area contributed by atoms with Crippen LogP contribution >= 0.6 is 22.9 Å². The van der Waals surface area contributed by atoms with Crippen LogP contribution in [0.25, 0.3) is 10.6 Å². The Bertz CT molecular complexity index is 952. The van der Waals surface area contributed by atoms with Gasteiger partial charge in [0.15, 0.2) is 0 Å². The first-order valence-corrected chi connectivity index (χ1v) is 10.2. The van der Waals surface area contributed by atoms with E-state index in [2.05, 4.69) is 4.98 Å². The fourth-order valence-corrected chi connectivity index (χ4v) is 3.93. The minimum absolute atomic E-state index is 0.0349. The molecule has 1 fully saturated rings. The van der Waals surface area contributed by atoms with Crippen molar-refractivity contribution in [3.05, 3.63) is 70.2 Å². The third kappa shape index (κ3) is 4.52. The summed E-state index contributed by atoms with van der Waals surface area (Å²) in [6, 6.07) is 15.3. The van der Waals surface area contributed by atoms with Gasteiger partial charge in [0.1, 0.15) is 23.1 Å². The van der Waals surface area contributed by atoms with Crippen LogP contribution in [-0.4, -0.2) is 42.1 Å². The summed E-state index contributed by atoms with van der Waals surface area (Å²) >= 11 is 7.46. The van der Waals surface area contributed by atoms with E-state index >= 15 is 0 Å². The lowest BCUT2D eigenvalue weighted by molar-refractivity contribution is 0.0299. The van der Waals surface area contributed by atoms with E-state index in [1.54, 1.807) is 4.90 Å². The fraction of sp³-hybridized carbons (Fsp3) is 0.238. The van der Waals surface area contributed by atoms with Crippen molar-refractivity contribution in [2.24, 2.45) is 0 Å². The lowest BCUT2D eigenvalue weighted by Crippen LogP contribution is -2.40. The van der Waals surface area contributed by atoms with Crippen molar-refractivity contribution in [1.82, 2.24) is 9.88 Å². The second-order valence-corrected chi connectivity index (χ2v) is 7.68. The molecule has 1 aliphatic heterocycles. The maximum absolute atomic E-state index is 12.5. The third-order valence-electron chi connectivity index (χ3n) is 4.42. The molecule has 5 nitrogen and oxygen atoms in total. The van der Waals surface area contributed by atoms with Crippen LogP contribution in [0.5, 0.6) is 5.75 Å². The first kappa shape index (κ1) is 18.9. The summed E-state index contributed by atoms with van der Waals surface area (Å²) in [5.74, 6) is 0.733. The van der Waals surface area contributed by atoms with Crippen LogP contribution in [0, 0.1) is 0 Å². The number of morpholine rings is 1. The van der Waals surface area contributed by atoms with Gasteiger partial charge < -0.3 is 14.4 Å². The SMILES string of the molecule is O=C(c1csc(-c2ccc(OCc3cccc(Cl)c3)cc2)n1)N1CCOCC1. The van der Waals surface area contributed by atoms with Crippen molar-refractivity contribution in [3.63, 3.8) is 0 Å². The molecule has 0 unspecified atom stereocenters. The Labute approximate surface area is 172 Å². The normalized spacial score (nSPS) is 14.1. The van der Waals surface area contributed by atoms with Gasteiger partial charge in [-0.2, -0.15) is 0 Å². The molecule has 0 aliphatic carbocycles. The lowest BCUT2D eigenvalue weighted by atomic mass is 10.2. The van der Waals surface area contributed by atoms with E-state index < -0.39 is 0 Å². The minimum atomic E-state index is -0.0349. The zero-order valence-corrected chi connectivity index (χ0v) is 16.7. The van der Waals surface area contributed by atoms with Crippen LogP contribution in [0.15, 0.2) is 53.9 Å². The molecule has 1 saturated heterocycles. The maximum atomic E-state index is 12.5. The van der Waals surface area contributed by atoms with Gasteiger partial charge in [-0.1, -0.05) is 23.7 Å². The number of carbonyl (C=O) groups excluding carboxylic acids is 1. The zero-order valence-electron chi connectivity index (χ0n) is 15.1. The van der Waals surface area contributed by atoms with E-state index in [0.717, 1.165) is 21.9 Å². The van der Waals surface area contributed by atoms with Crippen LogP contribution in [0.4, 0.5) is 0 Å². The first-order valence-electron chi connectivity index (χ1n) is 8.99. The molecule has 0 atom stereocenters. The van der Waals surface area contributed by atoms with E-state index in [1.807, 2.05) is 53.9 Å². The van der Waals surface area contributed by atoms with E-state index in [9.17, 15) is 4.79 Å². The number of aromatic nitrogens is 1. The molecule has 7 heteroatoms. The van der Waals surface area contributed by atoms with Crippen LogP contribution < -0.4 is 4.74 Å². The third-order valence-corrected chi connectivity index (χ3v) is 5.54. The number of carbonyl (C=O) groups is 1. The summed E-state index contributed by atoms with van der Waals surface area (Å²) < 4.78 is 11.1. The molecule has 1 amide bonds. The Kier molecular flexibility index (Phi) is 5.90. The van der Waals surface area contributed by atoms with Crippen LogP contribution in [0.3, 0.4) is 0 Å². The molecular weight excluding hydrogens is 396 g/mol. The van der Waals surface area contributed by atoms with Gasteiger partial charge >= 0.3 is 0 Å². The highest BCUT2D eigenvalue weighted by Crippen LogP contribution is 2.27. The molecule has 4 rings (SSSR count). The van der Waals surface area contributed by atoms with Crippen LogP contribution in [0.2, 0.25) is 5.02 Å². The van der Waals surface area contributed by atoms with Gasteiger partial charge in [0.05, 0.1) is 13.2 Å². The van der Waals surface area contributed by atoms with Crippen molar-refractivity contribution in [2.45, 2.75) is 6.61 Å². The van der Waals surface area contributed by atoms with Crippen molar-refractivity contribution in [2.75, 3.05) is 26.3 Å². The highest BCUT2D eigenvalue weighted by Gasteiger charge is 2.21. The number of amides is 1. The van der Waals surface area contributed by atoms with E-state index in [1.165, 1.54) is 11.3 Å². The molecule has 0 bridgehead atoms. The Morgan fingerprint density at radius 1 is 1.18 bits per heavy atom. The molecule has 28 heavy (non-hydrogen) atoms. The van der Waals surface area contributed by atoms with E-state index in [0.29, 0.717) is 43.6 Å². The summed E-state index contributed by atoms with van der Waals surface area (Å²) in [5, 5.41) is 3.33. The molecule has 2 aromatic carbocycles. The summed E-state index contributed by atoms with van der Waals surface area (Å²) in [6.07, 6.45) is 0. The fourth-order valence-electron chi connectivity index (χ4n) is 2.92. The Hall–Kier alpha value is -2.41. The monoisotopic (exact) mass is 414 g/mol. The highest BCUT2D eigenvalue weighted by molar-refractivity contribution is 7.13. The molecule has 0 N–H and O–H groups in total. The quantitative estimate of drug-likeness (QED) is 0.616. The number of nitrogens with zero attached hydrogens (tertiary/aromatic N) is 2. The summed E-state index contributed by atoms with van der Waals surface area (Å²) in [5.41, 5.74) is 2.46. The lowest BCUT2D eigenvalue weighted by Gasteiger charge is -2.25. The standard InChI is InChI=1S/C21H19ClN2O3S/c22-17-3-1-2-15(12-17)13-27-18-6-4-16(5-7-18)20-23-19(14-28-20)21(25)24-8-10-26-11-9-24/h1-7,12,14H,8-11,13H2. The second-order valence-electron chi connectivity index (χ2n) is 6.39. The zero-order chi connectivity index (χ0) is 19.3. The molecular formula is C21H19ClN2O3S. The number of halogens is 1. The second kappa shape index (κ2) is 8.73. The molecule has 144 valence electrons. The smallest absolute Gasteiger partial charge is 0.273 e. The van der Waals surface area contributed by atoms with Crippen molar-refractivity contribution in [1.29, 1.82) is 0 Å². The highest BCUT2D eigenvalue weighted by atomic mass is 35.5. The summed E-state index contributed by atoms with van der Waals surface area (Å²) in [6.45, 7) is 2.85. The molecule has 3 aromatic rings. The average molecular weight is 415 g/mol. The van der Waals surface area contributed by atoms with Gasteiger partial charge in [-0.15, -0.1) is 11.3 Å². The molecule has 2 heterocycles. The number of thiazole rings is 1. The van der Waals surface area contributed by atoms with Crippen molar-refractivity contribution >= 4 is 28.8 Å². The summed E-state index contributed by atoms with van der Waals surface area (Å²) in [4.78, 5) is 18.8. The Morgan fingerprint density at radius 2 is 1.96 bits per heavy atom. The number of hydrogen-bond acceptors (Lipinski definition) is 5. The largest absolute Gasteiger partial charge is 0.489 e. The molecule has 0 spiro atoms. The van der Waals surface area contributed by atoms with E-state index in [-0.39, 0.29) is 5.91 Å². The predicted molar refractivity (Wildman–Crippen MR) is 110 cm³/mol. The molecule has 1 aliphatic rings. The number of rotatable bonds is 5. The molecule has 0 saturated carbocycles. The molecule has 1 aromatic heterocycles. The Balaban J connectivity index is 1.40. The van der Waals surface area contributed by atoms with E-state index in [4.69, 9.17) is 21.1 Å². The number of benzene rings is 2. The van der Waals surface area contributed by atoms with Gasteiger partial charge in [-0.05, 0) is 42.0 Å². The predicted octanol–water partition coefficient (Wildman–Crippen LogP) is 4.51. The topological polar surface area (TPSA) is 51.7 Å². The number of hydrogen-bond donors (Lipinski definition) is 0. The van der Waals surface area contributed by atoms with Crippen LogP contribution in [0.1, 0.15) is 16.1 Å². The summed E-state index contributed by atoms with van der Waals surface area (Å²) in [7, 11) is 0. The van der Waals surface area contributed by atoms with Gasteiger partial charge in [0.25, 0.3) is 5.91 Å². The minimum Gasteiger partial charge on any atom is -0.489 e. The first-order chi connectivity index (χ1) is 13.7. The van der Waals surface area contributed by atoms with Gasteiger partial charge in [-0.25, -0.2) is 4.98 Å². The van der Waals surface area contributed by atoms with Crippen molar-refractivity contribution in [3.8, 4) is 16.3 Å². The van der Waals surface area contributed by atoms with Gasteiger partial charge in [0.2, 0.25) is 0 Å². The number of ether oxygens (including phenoxy) is 2. The molecule has 0 radical (unpaired) electrons. The maximum Gasteiger partial charge on any atom is 0.273 e. The van der Waals surface area contributed by atoms with Crippen LogP contribution in [-0.2, 0) is 11.3 Å². The Morgan fingerprint density at radius 3 is 2.71 bits per heavy atom. The van der Waals surface area contributed by atoms with Gasteiger partial charge in [0, 0.05) is 29.1 Å².